The van der Waals surface area contributed by atoms with E-state index in [0.29, 0.717) is 10.8 Å². The Balaban J connectivity index is 1.89. The van der Waals surface area contributed by atoms with Gasteiger partial charge in [0, 0.05) is 0 Å². The van der Waals surface area contributed by atoms with E-state index in [9.17, 15) is 0 Å². The van der Waals surface area contributed by atoms with E-state index in [-0.39, 0.29) is 0 Å². The van der Waals surface area contributed by atoms with E-state index in [4.69, 9.17) is 0 Å². The first-order chi connectivity index (χ1) is 18.8. The van der Waals surface area contributed by atoms with Gasteiger partial charge in [-0.05, 0) is 102 Å². The molecule has 0 bridgehead atoms. The van der Waals surface area contributed by atoms with Crippen molar-refractivity contribution in [3.63, 3.8) is 0 Å². The molecule has 0 amide bonds. The summed E-state index contributed by atoms with van der Waals surface area (Å²) in [6, 6.07) is 0. The van der Waals surface area contributed by atoms with Crippen LogP contribution < -0.4 is 0 Å². The van der Waals surface area contributed by atoms with E-state index in [1.807, 2.05) is 0 Å². The third-order valence-electron chi connectivity index (χ3n) is 8.38. The lowest BCUT2D eigenvalue weighted by Gasteiger charge is -2.33. The summed E-state index contributed by atoms with van der Waals surface area (Å²) >= 11 is 0. The molecule has 0 nitrogen and oxygen atoms in total. The summed E-state index contributed by atoms with van der Waals surface area (Å²) in [4.78, 5) is 0. The van der Waals surface area contributed by atoms with Crippen molar-refractivity contribution in [3.8, 4) is 0 Å². The van der Waals surface area contributed by atoms with Gasteiger partial charge >= 0.3 is 0 Å². The van der Waals surface area contributed by atoms with Gasteiger partial charge in [-0.25, -0.2) is 0 Å². The number of rotatable bonds is 10. The van der Waals surface area contributed by atoms with Crippen LogP contribution in [0.2, 0.25) is 0 Å². The van der Waals surface area contributed by atoms with Crippen molar-refractivity contribution < 1.29 is 0 Å². The van der Waals surface area contributed by atoms with E-state index >= 15 is 0 Å². The fraction of sp³-hybridized carbons (Fsp3) is 0.450. The van der Waals surface area contributed by atoms with Gasteiger partial charge < -0.3 is 0 Å². The van der Waals surface area contributed by atoms with Gasteiger partial charge in [-0.15, -0.1) is 0 Å². The molecule has 2 aliphatic rings. The molecule has 216 valence electrons. The highest BCUT2D eigenvalue weighted by atomic mass is 14.8. The largest absolute Gasteiger partial charge is 0.0696 e. The summed E-state index contributed by atoms with van der Waals surface area (Å²) < 4.78 is 0. The zero-order chi connectivity index (χ0) is 29.8. The Morgan fingerprint density at radius 3 is 1.18 bits per heavy atom. The highest BCUT2D eigenvalue weighted by molar-refractivity contribution is 5.39. The molecular weight excluding hydrogens is 490 g/mol. The standard InChI is InChI=1S/C40H56/c1-31(19-13-21-33(3)25-27-37-35(5)23-15-29-39(37,7)8)17-11-12-18-32(2)20-14-22-34(4)26-28-38-36(6)24-16-30-40(38,9)10/h11-14,17-22,25-28H,15-16,23-24,29-30H2,1-10H3/b12-11+,19-13+,20-14+,27-25+,28-26+,31-17-,32-18+,33-21+,34-22+/i1+1,2+1,11+1,12+1,17+1,18+1,19+1,20+1,31+1,32+1. The van der Waals surface area contributed by atoms with Gasteiger partial charge in [-0.1, -0.05) is 146 Å². The van der Waals surface area contributed by atoms with Crippen LogP contribution in [0.25, 0.3) is 0 Å². The molecule has 0 spiro atoms. The van der Waals surface area contributed by atoms with Crippen LogP contribution in [0.3, 0.4) is 0 Å². The number of hydrogen-bond acceptors (Lipinski definition) is 0. The zero-order valence-corrected chi connectivity index (χ0v) is 27.3. The van der Waals surface area contributed by atoms with Crippen molar-refractivity contribution in [3.05, 3.63) is 130 Å². The van der Waals surface area contributed by atoms with Crippen LogP contribution >= 0.6 is 0 Å². The molecule has 0 saturated heterocycles. The Morgan fingerprint density at radius 2 is 0.825 bits per heavy atom. The quantitative estimate of drug-likeness (QED) is 0.189. The zero-order valence-electron chi connectivity index (χ0n) is 27.3. The first-order valence-corrected chi connectivity index (χ1v) is 15.3. The molecule has 0 aromatic rings. The Labute approximate surface area is 247 Å². The van der Waals surface area contributed by atoms with Gasteiger partial charge in [-0.3, -0.25) is 0 Å². The molecular formula is C40H56. The molecule has 0 aromatic carbocycles. The Hall–Kier alpha value is -2.86. The van der Waals surface area contributed by atoms with Gasteiger partial charge in [0.2, 0.25) is 0 Å². The lowest BCUT2D eigenvalue weighted by Crippen LogP contribution is -2.19. The van der Waals surface area contributed by atoms with Crippen molar-refractivity contribution in [2.45, 2.75) is 108 Å². The fourth-order valence-electron chi connectivity index (χ4n) is 5.79. The molecule has 0 heterocycles. The molecule has 40 heavy (non-hydrogen) atoms. The van der Waals surface area contributed by atoms with Gasteiger partial charge in [0.15, 0.2) is 0 Å². The third-order valence-corrected chi connectivity index (χ3v) is 8.38. The normalized spacial score (nSPS) is 21.9. The van der Waals surface area contributed by atoms with E-state index in [0.717, 1.165) is 0 Å². The van der Waals surface area contributed by atoms with Gasteiger partial charge in [-0.2, -0.15) is 0 Å². The second-order valence-corrected chi connectivity index (χ2v) is 13.3. The van der Waals surface area contributed by atoms with Crippen LogP contribution in [-0.2, 0) is 0 Å². The molecule has 2 rings (SSSR count). The van der Waals surface area contributed by atoms with Crippen molar-refractivity contribution >= 4 is 0 Å². The van der Waals surface area contributed by atoms with Crippen LogP contribution in [0.4, 0.5) is 0 Å². The average Bonchev–Trinajstić information content (AvgIpc) is 2.85. The second kappa shape index (κ2) is 15.8. The molecule has 0 fully saturated rings. The van der Waals surface area contributed by atoms with Crippen molar-refractivity contribution in [2.24, 2.45) is 10.8 Å². The summed E-state index contributed by atoms with van der Waals surface area (Å²) in [5.41, 5.74) is 11.7. The predicted molar refractivity (Wildman–Crippen MR) is 181 cm³/mol. The van der Waals surface area contributed by atoms with Crippen LogP contribution in [-0.4, -0.2) is 0 Å². The average molecular weight is 547 g/mol. The van der Waals surface area contributed by atoms with Crippen molar-refractivity contribution in [1.82, 2.24) is 0 Å². The maximum absolute atomic E-state index is 2.37. The Kier molecular flexibility index (Phi) is 13.2. The molecule has 0 heteroatoms. The maximum atomic E-state index is 2.37. The van der Waals surface area contributed by atoms with E-state index in [2.05, 4.69) is 154 Å². The number of allylic oxidation sites excluding steroid dienone is 22. The van der Waals surface area contributed by atoms with Crippen LogP contribution in [0, 0.1) is 10.8 Å². The van der Waals surface area contributed by atoms with Crippen LogP contribution in [0.5, 0.6) is 0 Å². The molecule has 0 aliphatic heterocycles. The highest BCUT2D eigenvalue weighted by Gasteiger charge is 2.27. The third kappa shape index (κ3) is 11.3. The molecule has 2 aliphatic carbocycles. The molecule has 0 radical (unpaired) electrons. The van der Waals surface area contributed by atoms with Crippen LogP contribution in [0.1, 0.15) is 108 Å². The summed E-state index contributed by atoms with van der Waals surface area (Å²) in [5, 5.41) is 0. The number of hydrogen-bond donors (Lipinski definition) is 0. The maximum Gasteiger partial charge on any atom is -0.0104 e. The van der Waals surface area contributed by atoms with Crippen molar-refractivity contribution in [1.29, 1.82) is 0 Å². The minimum Gasteiger partial charge on any atom is -0.0696 e. The van der Waals surface area contributed by atoms with Crippen LogP contribution in [0.15, 0.2) is 130 Å². The van der Waals surface area contributed by atoms with Crippen molar-refractivity contribution in [2.75, 3.05) is 0 Å². The lowest BCUT2D eigenvalue weighted by molar-refractivity contribution is 0.376. The first-order valence-electron chi connectivity index (χ1n) is 15.3. The summed E-state index contributed by atoms with van der Waals surface area (Å²) in [7, 11) is 0. The minimum absolute atomic E-state index is 0.291. The molecule has 0 unspecified atom stereocenters. The van der Waals surface area contributed by atoms with Gasteiger partial charge in [0.05, 0.1) is 0 Å². The SMILES string of the molecule is CC1=C(/C=C/C(C)=C/C=[13CH]/[13C]([13CH3])=[13CH]\[13CH]=[13CH]\[13CH]=[13C]([13CH3])\[13CH]=C\C=C(C)\C=C\C2=C(C)CCCC2(C)C)C(C)(C)CCC1. The molecule has 0 atom stereocenters. The summed E-state index contributed by atoms with van der Waals surface area (Å²) in [5.74, 6) is 0. The summed E-state index contributed by atoms with van der Waals surface area (Å²) in [6.07, 6.45) is 38.4. The monoisotopic (exact) mass is 546 g/mol. The Bertz CT molecular complexity index is 1120. The lowest BCUT2D eigenvalue weighted by atomic mass is 9.72. The predicted octanol–water partition coefficient (Wildman–Crippen LogP) is 12.6. The van der Waals surface area contributed by atoms with Gasteiger partial charge in [0.25, 0.3) is 0 Å². The molecule has 0 N–H and O–H groups in total. The van der Waals surface area contributed by atoms with E-state index in [1.54, 1.807) is 11.1 Å². The van der Waals surface area contributed by atoms with Gasteiger partial charge in [0.1, 0.15) is 0 Å². The minimum atomic E-state index is 0.291. The first kappa shape index (κ1) is 33.3. The highest BCUT2D eigenvalue weighted by Crippen LogP contribution is 2.41. The molecule has 0 saturated carbocycles. The topological polar surface area (TPSA) is 0 Å². The fourth-order valence-corrected chi connectivity index (χ4v) is 5.79. The Morgan fingerprint density at radius 1 is 0.500 bits per heavy atom. The summed E-state index contributed by atoms with van der Waals surface area (Å²) in [6.45, 7) is 22.7. The molecule has 0 aromatic heterocycles. The second-order valence-electron chi connectivity index (χ2n) is 13.3. The van der Waals surface area contributed by atoms with E-state index in [1.165, 1.54) is 72.0 Å². The van der Waals surface area contributed by atoms with E-state index < -0.39 is 0 Å². The smallest absolute Gasteiger partial charge is 0.0104 e.